The van der Waals surface area contributed by atoms with Crippen molar-refractivity contribution in [3.63, 3.8) is 0 Å². The second-order valence-electron chi connectivity index (χ2n) is 5.81. The second-order valence-corrected chi connectivity index (χ2v) is 6.82. The Bertz CT molecular complexity index is 636. The number of amides is 1. The normalized spacial score (nSPS) is 20.1. The lowest BCUT2D eigenvalue weighted by Gasteiger charge is -2.05. The van der Waals surface area contributed by atoms with E-state index in [4.69, 9.17) is 0 Å². The second kappa shape index (κ2) is 6.57. The molecule has 116 valence electrons. The number of nitrogens with zero attached hydrogens (tertiary/aromatic N) is 2. The Hall–Kier alpha value is -1.75. The highest BCUT2D eigenvalue weighted by Gasteiger charge is 2.44. The number of hydrogen-bond acceptors (Lipinski definition) is 4. The molecule has 2 unspecified atom stereocenters. The number of anilines is 1. The van der Waals surface area contributed by atoms with Crippen LogP contribution < -0.4 is 5.32 Å². The molecule has 1 saturated carbocycles. The summed E-state index contributed by atoms with van der Waals surface area (Å²) >= 11 is 1.51. The summed E-state index contributed by atoms with van der Waals surface area (Å²) in [5.74, 6) is 0.942. The van der Waals surface area contributed by atoms with Gasteiger partial charge in [0.1, 0.15) is 5.01 Å². The topological polar surface area (TPSA) is 54.9 Å². The van der Waals surface area contributed by atoms with Crippen LogP contribution in [0, 0.1) is 5.92 Å². The highest BCUT2D eigenvalue weighted by molar-refractivity contribution is 7.15. The van der Waals surface area contributed by atoms with Gasteiger partial charge >= 0.3 is 0 Å². The molecule has 1 fully saturated rings. The summed E-state index contributed by atoms with van der Waals surface area (Å²) in [6.45, 7) is 4.31. The molecule has 0 aliphatic heterocycles. The van der Waals surface area contributed by atoms with E-state index in [-0.39, 0.29) is 11.8 Å². The fourth-order valence-corrected chi connectivity index (χ4v) is 3.85. The van der Waals surface area contributed by atoms with Gasteiger partial charge in [-0.1, -0.05) is 55.5 Å². The summed E-state index contributed by atoms with van der Waals surface area (Å²) in [5.41, 5.74) is 1.25. The van der Waals surface area contributed by atoms with Crippen LogP contribution in [0.3, 0.4) is 0 Å². The van der Waals surface area contributed by atoms with Gasteiger partial charge in [0.2, 0.25) is 11.0 Å². The highest BCUT2D eigenvalue weighted by Crippen LogP contribution is 2.48. The van der Waals surface area contributed by atoms with Crippen LogP contribution in [0.15, 0.2) is 30.3 Å². The first kappa shape index (κ1) is 15.2. The number of aromatic nitrogens is 2. The van der Waals surface area contributed by atoms with Crippen LogP contribution in [0.4, 0.5) is 5.13 Å². The zero-order valence-corrected chi connectivity index (χ0v) is 13.8. The maximum atomic E-state index is 12.3. The summed E-state index contributed by atoms with van der Waals surface area (Å²) in [4.78, 5) is 12.3. The first-order chi connectivity index (χ1) is 10.7. The number of rotatable bonds is 6. The minimum atomic E-state index is 0.0705. The Morgan fingerprint density at radius 1 is 1.27 bits per heavy atom. The highest BCUT2D eigenvalue weighted by atomic mass is 32.1. The van der Waals surface area contributed by atoms with Crippen LogP contribution in [0.25, 0.3) is 0 Å². The van der Waals surface area contributed by atoms with Gasteiger partial charge in [-0.25, -0.2) is 0 Å². The SMILES string of the molecule is CCC(CC)c1nnc(NC(=O)C2CC2c2ccccc2)s1. The first-order valence-corrected chi connectivity index (χ1v) is 8.73. The number of carbonyl (C=O) groups is 1. The van der Waals surface area contributed by atoms with Gasteiger partial charge in [0, 0.05) is 11.8 Å². The van der Waals surface area contributed by atoms with Gasteiger partial charge in [-0.3, -0.25) is 4.79 Å². The maximum Gasteiger partial charge on any atom is 0.229 e. The lowest BCUT2D eigenvalue weighted by atomic mass is 10.1. The fraction of sp³-hybridized carbons (Fsp3) is 0.471. The molecule has 4 nitrogen and oxygen atoms in total. The molecule has 0 saturated heterocycles. The van der Waals surface area contributed by atoms with E-state index >= 15 is 0 Å². The summed E-state index contributed by atoms with van der Waals surface area (Å²) < 4.78 is 0. The fourth-order valence-electron chi connectivity index (χ4n) is 2.84. The smallest absolute Gasteiger partial charge is 0.229 e. The Morgan fingerprint density at radius 2 is 2.00 bits per heavy atom. The predicted octanol–water partition coefficient (Wildman–Crippen LogP) is 4.18. The lowest BCUT2D eigenvalue weighted by Crippen LogP contribution is -2.14. The molecule has 0 spiro atoms. The van der Waals surface area contributed by atoms with Crippen molar-refractivity contribution in [2.75, 3.05) is 5.32 Å². The molecule has 2 aromatic rings. The van der Waals surface area contributed by atoms with E-state index < -0.39 is 0 Å². The van der Waals surface area contributed by atoms with E-state index in [2.05, 4.69) is 41.5 Å². The van der Waals surface area contributed by atoms with Crippen molar-refractivity contribution in [3.8, 4) is 0 Å². The summed E-state index contributed by atoms with van der Waals surface area (Å²) in [7, 11) is 0. The minimum Gasteiger partial charge on any atom is -0.300 e. The molecule has 2 atom stereocenters. The number of hydrogen-bond donors (Lipinski definition) is 1. The molecule has 3 rings (SSSR count). The molecular formula is C17H21N3OS. The average molecular weight is 315 g/mol. The lowest BCUT2D eigenvalue weighted by molar-refractivity contribution is -0.117. The van der Waals surface area contributed by atoms with Crippen LogP contribution >= 0.6 is 11.3 Å². The third-order valence-electron chi connectivity index (χ3n) is 4.36. The number of nitrogens with one attached hydrogen (secondary N) is 1. The molecule has 22 heavy (non-hydrogen) atoms. The molecule has 0 bridgehead atoms. The third-order valence-corrected chi connectivity index (χ3v) is 5.36. The van der Waals surface area contributed by atoms with Gasteiger partial charge in [-0.15, -0.1) is 10.2 Å². The van der Waals surface area contributed by atoms with E-state index in [0.29, 0.717) is 17.0 Å². The Kier molecular flexibility index (Phi) is 4.52. The van der Waals surface area contributed by atoms with Crippen LogP contribution in [0.5, 0.6) is 0 Å². The monoisotopic (exact) mass is 315 g/mol. The molecule has 0 radical (unpaired) electrons. The van der Waals surface area contributed by atoms with Crippen LogP contribution in [-0.2, 0) is 4.79 Å². The number of carbonyl (C=O) groups excluding carboxylic acids is 1. The quantitative estimate of drug-likeness (QED) is 0.870. The van der Waals surface area contributed by atoms with E-state index in [1.54, 1.807) is 0 Å². The van der Waals surface area contributed by atoms with Crippen LogP contribution in [-0.4, -0.2) is 16.1 Å². The molecular weight excluding hydrogens is 294 g/mol. The van der Waals surface area contributed by atoms with Crippen molar-refractivity contribution in [2.45, 2.75) is 44.9 Å². The summed E-state index contributed by atoms with van der Waals surface area (Å²) in [5, 5.41) is 12.9. The van der Waals surface area contributed by atoms with Gasteiger partial charge in [-0.2, -0.15) is 0 Å². The molecule has 1 N–H and O–H groups in total. The van der Waals surface area contributed by atoms with Gasteiger partial charge in [0.05, 0.1) is 0 Å². The molecule has 1 aliphatic rings. The van der Waals surface area contributed by atoms with Crippen molar-refractivity contribution in [2.24, 2.45) is 5.92 Å². The zero-order chi connectivity index (χ0) is 15.5. The zero-order valence-electron chi connectivity index (χ0n) is 13.0. The van der Waals surface area contributed by atoms with Crippen molar-refractivity contribution >= 4 is 22.4 Å². The van der Waals surface area contributed by atoms with Gasteiger partial charge in [0.15, 0.2) is 0 Å². The maximum absolute atomic E-state index is 12.3. The van der Waals surface area contributed by atoms with Gasteiger partial charge < -0.3 is 5.32 Å². The Labute approximate surface area is 135 Å². The molecule has 1 amide bonds. The van der Waals surface area contributed by atoms with Crippen LogP contribution in [0.2, 0.25) is 0 Å². The largest absolute Gasteiger partial charge is 0.300 e. The van der Waals surface area contributed by atoms with Crippen molar-refractivity contribution in [1.29, 1.82) is 0 Å². The summed E-state index contributed by atoms with van der Waals surface area (Å²) in [6.07, 6.45) is 3.03. The predicted molar refractivity (Wildman–Crippen MR) is 89.2 cm³/mol. The molecule has 1 aliphatic carbocycles. The van der Waals surface area contributed by atoms with E-state index in [1.165, 1.54) is 16.9 Å². The summed E-state index contributed by atoms with van der Waals surface area (Å²) in [6, 6.07) is 10.2. The molecule has 5 heteroatoms. The minimum absolute atomic E-state index is 0.0705. The standard InChI is InChI=1S/C17H21N3OS/c1-3-11(4-2)16-19-20-17(22-16)18-15(21)14-10-13(14)12-8-6-5-7-9-12/h5-9,11,13-14H,3-4,10H2,1-2H3,(H,18,20,21). The van der Waals surface area contributed by atoms with Crippen molar-refractivity contribution in [1.82, 2.24) is 10.2 Å². The van der Waals surface area contributed by atoms with Crippen molar-refractivity contribution < 1.29 is 4.79 Å². The number of benzene rings is 1. The van der Waals surface area contributed by atoms with Crippen molar-refractivity contribution in [3.05, 3.63) is 40.9 Å². The van der Waals surface area contributed by atoms with E-state index in [1.807, 2.05) is 18.2 Å². The van der Waals surface area contributed by atoms with E-state index in [9.17, 15) is 4.79 Å². The Balaban J connectivity index is 1.59. The molecule has 1 aromatic heterocycles. The van der Waals surface area contributed by atoms with Gasteiger partial charge in [-0.05, 0) is 30.7 Å². The Morgan fingerprint density at radius 3 is 2.68 bits per heavy atom. The molecule has 1 aromatic carbocycles. The van der Waals surface area contributed by atoms with Gasteiger partial charge in [0.25, 0.3) is 0 Å². The average Bonchev–Trinajstić information content (AvgIpc) is 3.24. The molecule has 1 heterocycles. The van der Waals surface area contributed by atoms with Crippen LogP contribution in [0.1, 0.15) is 55.5 Å². The van der Waals surface area contributed by atoms with E-state index in [0.717, 1.165) is 24.3 Å². The first-order valence-electron chi connectivity index (χ1n) is 7.92. The third kappa shape index (κ3) is 3.19.